The van der Waals surface area contributed by atoms with Gasteiger partial charge in [0.25, 0.3) is 0 Å². The summed E-state index contributed by atoms with van der Waals surface area (Å²) < 4.78 is 3.92. The van der Waals surface area contributed by atoms with Gasteiger partial charge in [-0.15, -0.1) is 5.10 Å². The molecule has 5 heterocycles. The molecule has 26 heavy (non-hydrogen) atoms. The average molecular weight is 340 g/mol. The predicted molar refractivity (Wildman–Crippen MR) is 100 cm³/mol. The molecule has 0 aliphatic heterocycles. The van der Waals surface area contributed by atoms with Crippen LogP contribution in [0.2, 0.25) is 0 Å². The van der Waals surface area contributed by atoms with Gasteiger partial charge in [-0.3, -0.25) is 9.55 Å². The summed E-state index contributed by atoms with van der Waals surface area (Å²) in [4.78, 5) is 13.7. The quantitative estimate of drug-likeness (QED) is 0.502. The molecule has 5 aromatic heterocycles. The van der Waals surface area contributed by atoms with E-state index in [4.69, 9.17) is 4.98 Å². The first kappa shape index (κ1) is 14.8. The average Bonchev–Trinajstić information content (AvgIpc) is 3.34. The molecule has 0 aromatic carbocycles. The van der Waals surface area contributed by atoms with Gasteiger partial charge in [-0.05, 0) is 42.8 Å². The van der Waals surface area contributed by atoms with Crippen LogP contribution in [0, 0.1) is 0 Å². The maximum absolute atomic E-state index is 4.86. The van der Waals surface area contributed by atoms with Crippen LogP contribution < -0.4 is 0 Å². The molecule has 0 amide bonds. The molecule has 0 radical (unpaired) electrons. The van der Waals surface area contributed by atoms with Crippen LogP contribution in [-0.4, -0.2) is 29.1 Å². The van der Waals surface area contributed by atoms with E-state index in [9.17, 15) is 0 Å². The van der Waals surface area contributed by atoms with Gasteiger partial charge in [-0.2, -0.15) is 0 Å². The highest BCUT2D eigenvalue weighted by atomic mass is 15.3. The summed E-state index contributed by atoms with van der Waals surface area (Å²) >= 11 is 0. The summed E-state index contributed by atoms with van der Waals surface area (Å²) in [5, 5.41) is 5.72. The van der Waals surface area contributed by atoms with E-state index in [1.165, 1.54) is 0 Å². The minimum Gasteiger partial charge on any atom is -0.299 e. The molecular formula is C20H16N6. The lowest BCUT2D eigenvalue weighted by molar-refractivity contribution is 0.878. The predicted octanol–water partition coefficient (Wildman–Crippen LogP) is 3.69. The zero-order valence-corrected chi connectivity index (χ0v) is 14.2. The highest BCUT2D eigenvalue weighted by Gasteiger charge is 2.14. The van der Waals surface area contributed by atoms with Crippen LogP contribution in [0.5, 0.6) is 0 Å². The van der Waals surface area contributed by atoms with Gasteiger partial charge in [0, 0.05) is 35.9 Å². The second kappa shape index (κ2) is 5.77. The Hall–Kier alpha value is -3.54. The van der Waals surface area contributed by atoms with Crippen molar-refractivity contribution in [2.24, 2.45) is 0 Å². The van der Waals surface area contributed by atoms with Gasteiger partial charge < -0.3 is 0 Å². The zero-order chi connectivity index (χ0) is 17.5. The molecule has 0 saturated carbocycles. The molecule has 5 rings (SSSR count). The highest BCUT2D eigenvalue weighted by molar-refractivity contribution is 5.82. The normalized spacial score (nSPS) is 11.4. The molecule has 5 aromatic rings. The van der Waals surface area contributed by atoms with Crippen LogP contribution in [0.3, 0.4) is 0 Å². The summed E-state index contributed by atoms with van der Waals surface area (Å²) in [6.45, 7) is 2.09. The Bertz CT molecular complexity index is 1230. The molecule has 0 spiro atoms. The summed E-state index contributed by atoms with van der Waals surface area (Å²) in [5.41, 5.74) is 3.80. The van der Waals surface area contributed by atoms with E-state index < -0.39 is 0 Å². The van der Waals surface area contributed by atoms with E-state index in [-0.39, 0.29) is 0 Å². The number of nitrogens with zero attached hydrogens (tertiary/aromatic N) is 6. The minimum absolute atomic E-state index is 0.606. The van der Waals surface area contributed by atoms with E-state index in [1.54, 1.807) is 6.20 Å². The van der Waals surface area contributed by atoms with Gasteiger partial charge in [-0.25, -0.2) is 14.5 Å². The van der Waals surface area contributed by atoms with Crippen molar-refractivity contribution in [2.75, 3.05) is 0 Å². The largest absolute Gasteiger partial charge is 0.299 e. The van der Waals surface area contributed by atoms with E-state index >= 15 is 0 Å². The van der Waals surface area contributed by atoms with Crippen LogP contribution in [0.4, 0.5) is 0 Å². The second-order valence-electron chi connectivity index (χ2n) is 6.08. The summed E-state index contributed by atoms with van der Waals surface area (Å²) in [6.07, 6.45) is 8.47. The van der Waals surface area contributed by atoms with Gasteiger partial charge in [0.1, 0.15) is 11.2 Å². The third-order valence-electron chi connectivity index (χ3n) is 4.49. The molecule has 0 fully saturated rings. The van der Waals surface area contributed by atoms with Crippen molar-refractivity contribution in [3.8, 4) is 17.3 Å². The monoisotopic (exact) mass is 340 g/mol. The van der Waals surface area contributed by atoms with Crippen LogP contribution in [0.25, 0.3) is 33.8 Å². The van der Waals surface area contributed by atoms with E-state index in [0.29, 0.717) is 5.82 Å². The fourth-order valence-electron chi connectivity index (χ4n) is 3.17. The third-order valence-corrected chi connectivity index (χ3v) is 4.49. The number of rotatable bonds is 3. The smallest absolute Gasteiger partial charge is 0.200 e. The molecule has 6 nitrogen and oxygen atoms in total. The lowest BCUT2D eigenvalue weighted by Gasteiger charge is -2.10. The lowest BCUT2D eigenvalue weighted by Crippen LogP contribution is -2.06. The van der Waals surface area contributed by atoms with Crippen molar-refractivity contribution in [1.29, 1.82) is 0 Å². The fraction of sp³-hybridized carbons (Fsp3) is 0.100. The topological polar surface area (TPSA) is 60.9 Å². The van der Waals surface area contributed by atoms with Gasteiger partial charge in [0.05, 0.1) is 5.52 Å². The fourth-order valence-corrected chi connectivity index (χ4v) is 3.17. The number of hydrogen-bond acceptors (Lipinski definition) is 4. The van der Waals surface area contributed by atoms with E-state index in [1.807, 2.05) is 65.6 Å². The van der Waals surface area contributed by atoms with Crippen LogP contribution in [0.15, 0.2) is 67.3 Å². The standard InChI is InChI=1S/C20H16N6/c1-2-15-5-3-6-16(22-15)19-23-20(18-7-4-11-26(18)24-19)25-12-9-14-13-21-10-8-17(14)25/h3-13H,2H2,1H3. The first-order valence-electron chi connectivity index (χ1n) is 8.56. The maximum atomic E-state index is 4.86. The lowest BCUT2D eigenvalue weighted by atomic mass is 10.2. The van der Waals surface area contributed by atoms with Gasteiger partial charge in [0.15, 0.2) is 5.82 Å². The second-order valence-corrected chi connectivity index (χ2v) is 6.08. The Labute approximate surface area is 149 Å². The Balaban J connectivity index is 1.78. The Kier molecular flexibility index (Phi) is 3.28. The number of fused-ring (bicyclic) bond motifs is 2. The SMILES string of the molecule is CCc1cccc(-c2nc(-n3ccc4cnccc43)c3cccn3n2)n1. The Morgan fingerprint density at radius 1 is 0.923 bits per heavy atom. The van der Waals surface area contributed by atoms with Crippen molar-refractivity contribution < 1.29 is 0 Å². The molecule has 0 aliphatic rings. The summed E-state index contributed by atoms with van der Waals surface area (Å²) in [6, 6.07) is 14.0. The van der Waals surface area contributed by atoms with Crippen molar-refractivity contribution in [3.63, 3.8) is 0 Å². The van der Waals surface area contributed by atoms with Gasteiger partial charge in [-0.1, -0.05) is 13.0 Å². The Morgan fingerprint density at radius 2 is 1.88 bits per heavy atom. The molecular weight excluding hydrogens is 324 g/mol. The molecule has 0 bridgehead atoms. The molecule has 0 aliphatic carbocycles. The molecule has 6 heteroatoms. The van der Waals surface area contributed by atoms with Crippen LogP contribution >= 0.6 is 0 Å². The highest BCUT2D eigenvalue weighted by Crippen LogP contribution is 2.24. The van der Waals surface area contributed by atoms with Crippen molar-refractivity contribution in [3.05, 3.63) is 72.9 Å². The Morgan fingerprint density at radius 3 is 2.81 bits per heavy atom. The van der Waals surface area contributed by atoms with Crippen LogP contribution in [-0.2, 0) is 6.42 Å². The van der Waals surface area contributed by atoms with Crippen molar-refractivity contribution >= 4 is 16.4 Å². The first-order valence-corrected chi connectivity index (χ1v) is 8.56. The summed E-state index contributed by atoms with van der Waals surface area (Å²) in [7, 11) is 0. The molecule has 0 atom stereocenters. The number of aryl methyl sites for hydroxylation is 1. The van der Waals surface area contributed by atoms with Gasteiger partial charge in [0.2, 0.25) is 5.82 Å². The third kappa shape index (κ3) is 2.27. The minimum atomic E-state index is 0.606. The number of aromatic nitrogens is 6. The van der Waals surface area contributed by atoms with Crippen molar-refractivity contribution in [1.82, 2.24) is 29.1 Å². The molecule has 126 valence electrons. The maximum Gasteiger partial charge on any atom is 0.200 e. The zero-order valence-electron chi connectivity index (χ0n) is 14.2. The van der Waals surface area contributed by atoms with Gasteiger partial charge >= 0.3 is 0 Å². The first-order chi connectivity index (χ1) is 12.8. The number of hydrogen-bond donors (Lipinski definition) is 0. The molecule has 0 N–H and O–H groups in total. The van der Waals surface area contributed by atoms with Crippen molar-refractivity contribution in [2.45, 2.75) is 13.3 Å². The van der Waals surface area contributed by atoms with E-state index in [0.717, 1.165) is 40.0 Å². The number of pyridine rings is 2. The van der Waals surface area contributed by atoms with E-state index in [2.05, 4.69) is 26.6 Å². The summed E-state index contributed by atoms with van der Waals surface area (Å²) in [5.74, 6) is 1.43. The molecule has 0 saturated heterocycles. The van der Waals surface area contributed by atoms with Crippen LogP contribution in [0.1, 0.15) is 12.6 Å². The molecule has 0 unspecified atom stereocenters.